The summed E-state index contributed by atoms with van der Waals surface area (Å²) in [5.41, 5.74) is 3.46. The van der Waals surface area contributed by atoms with E-state index in [1.165, 1.54) is 23.9 Å². The Morgan fingerprint density at radius 2 is 1.75 bits per heavy atom. The topological polar surface area (TPSA) is 66.2 Å². The van der Waals surface area contributed by atoms with Crippen LogP contribution in [0, 0.1) is 0 Å². The van der Waals surface area contributed by atoms with Gasteiger partial charge < -0.3 is 9.80 Å². The van der Waals surface area contributed by atoms with Crippen molar-refractivity contribution in [1.82, 2.24) is 29.9 Å². The van der Waals surface area contributed by atoms with Crippen LogP contribution < -0.4 is 9.80 Å². The van der Waals surface area contributed by atoms with Gasteiger partial charge in [-0.05, 0) is 31.0 Å². The predicted molar refractivity (Wildman–Crippen MR) is 109 cm³/mol. The van der Waals surface area contributed by atoms with Crippen LogP contribution in [-0.2, 0) is 13.6 Å². The summed E-state index contributed by atoms with van der Waals surface area (Å²) in [7, 11) is 1.95. The first-order valence-electron chi connectivity index (χ1n) is 10.1. The molecule has 5 rings (SSSR count). The molecule has 8 nitrogen and oxygen atoms in total. The van der Waals surface area contributed by atoms with Gasteiger partial charge in [-0.15, -0.1) is 5.10 Å². The van der Waals surface area contributed by atoms with Crippen molar-refractivity contribution in [3.63, 3.8) is 0 Å². The largest absolute Gasteiger partial charge is 0.369 e. The second-order valence-corrected chi connectivity index (χ2v) is 7.71. The van der Waals surface area contributed by atoms with Crippen LogP contribution >= 0.6 is 0 Å². The van der Waals surface area contributed by atoms with E-state index in [9.17, 15) is 0 Å². The van der Waals surface area contributed by atoms with Crippen LogP contribution in [-0.4, -0.2) is 69.1 Å². The lowest BCUT2D eigenvalue weighted by molar-refractivity contribution is 0.244. The van der Waals surface area contributed by atoms with Crippen molar-refractivity contribution in [2.45, 2.75) is 19.4 Å². The first-order valence-corrected chi connectivity index (χ1v) is 10.1. The monoisotopic (exact) mass is 378 g/mol. The van der Waals surface area contributed by atoms with E-state index in [1.807, 2.05) is 17.9 Å². The van der Waals surface area contributed by atoms with E-state index in [0.717, 1.165) is 62.8 Å². The minimum Gasteiger partial charge on any atom is -0.369 e. The Kier molecular flexibility index (Phi) is 4.56. The summed E-state index contributed by atoms with van der Waals surface area (Å²) in [6.07, 6.45) is 6.05. The molecule has 28 heavy (non-hydrogen) atoms. The second-order valence-electron chi connectivity index (χ2n) is 7.71. The molecule has 2 saturated heterocycles. The maximum atomic E-state index is 4.61. The summed E-state index contributed by atoms with van der Waals surface area (Å²) in [4.78, 5) is 16.4. The van der Waals surface area contributed by atoms with Gasteiger partial charge in [0.1, 0.15) is 12.1 Å². The summed E-state index contributed by atoms with van der Waals surface area (Å²) in [5, 5.41) is 9.18. The van der Waals surface area contributed by atoms with Crippen molar-refractivity contribution in [3.05, 3.63) is 36.4 Å². The Hall–Kier alpha value is -2.74. The lowest BCUT2D eigenvalue weighted by Gasteiger charge is -2.36. The minimum absolute atomic E-state index is 0.905. The third kappa shape index (κ3) is 3.28. The number of fused-ring (bicyclic) bond motifs is 1. The van der Waals surface area contributed by atoms with Gasteiger partial charge in [-0.3, -0.25) is 9.58 Å². The third-order valence-corrected chi connectivity index (χ3v) is 5.93. The Bertz CT molecular complexity index is 954. The average molecular weight is 378 g/mol. The van der Waals surface area contributed by atoms with Crippen LogP contribution in [0.2, 0.25) is 0 Å². The van der Waals surface area contributed by atoms with Crippen molar-refractivity contribution in [1.29, 1.82) is 0 Å². The molecule has 2 aliphatic heterocycles. The molecule has 0 aliphatic carbocycles. The minimum atomic E-state index is 0.905. The van der Waals surface area contributed by atoms with Gasteiger partial charge in [0.15, 0.2) is 0 Å². The molecular formula is C20H26N8. The van der Waals surface area contributed by atoms with Gasteiger partial charge in [0.05, 0.1) is 17.4 Å². The van der Waals surface area contributed by atoms with Crippen molar-refractivity contribution >= 4 is 22.4 Å². The Balaban J connectivity index is 1.32. The molecule has 4 heterocycles. The highest BCUT2D eigenvalue weighted by molar-refractivity contribution is 5.92. The lowest BCUT2D eigenvalue weighted by atomic mass is 10.1. The van der Waals surface area contributed by atoms with E-state index in [2.05, 4.69) is 53.2 Å². The van der Waals surface area contributed by atoms with Crippen molar-refractivity contribution in [2.24, 2.45) is 7.05 Å². The number of benzene rings is 1. The van der Waals surface area contributed by atoms with Crippen molar-refractivity contribution < 1.29 is 0 Å². The number of piperazine rings is 1. The van der Waals surface area contributed by atoms with Gasteiger partial charge >= 0.3 is 0 Å². The van der Waals surface area contributed by atoms with Gasteiger partial charge in [0, 0.05) is 63.9 Å². The second kappa shape index (κ2) is 7.35. The molecule has 1 aromatic carbocycles. The first kappa shape index (κ1) is 17.4. The molecule has 2 fully saturated rings. The molecule has 0 bridgehead atoms. The van der Waals surface area contributed by atoms with Gasteiger partial charge in [0.2, 0.25) is 0 Å². The number of rotatable bonds is 4. The summed E-state index contributed by atoms with van der Waals surface area (Å²) in [5.74, 6) is 1.09. The molecule has 0 saturated carbocycles. The third-order valence-electron chi connectivity index (χ3n) is 5.93. The molecule has 0 atom stereocenters. The molecule has 0 N–H and O–H groups in total. The summed E-state index contributed by atoms with van der Waals surface area (Å²) >= 11 is 0. The van der Waals surface area contributed by atoms with Crippen LogP contribution in [0.25, 0.3) is 10.9 Å². The number of hydrogen-bond donors (Lipinski definition) is 0. The summed E-state index contributed by atoms with van der Waals surface area (Å²) in [6, 6.07) is 6.62. The first-order chi connectivity index (χ1) is 13.8. The Morgan fingerprint density at radius 3 is 2.50 bits per heavy atom. The van der Waals surface area contributed by atoms with Crippen molar-refractivity contribution in [3.8, 4) is 0 Å². The van der Waals surface area contributed by atoms with E-state index < -0.39 is 0 Å². The molecule has 2 aliphatic rings. The maximum Gasteiger partial charge on any atom is 0.139 e. The van der Waals surface area contributed by atoms with Crippen LogP contribution in [0.5, 0.6) is 0 Å². The number of nitrogens with zero attached hydrogens (tertiary/aromatic N) is 8. The summed E-state index contributed by atoms with van der Waals surface area (Å²) < 4.78 is 1.86. The predicted octanol–water partition coefficient (Wildman–Crippen LogP) is 1.68. The Morgan fingerprint density at radius 1 is 0.929 bits per heavy atom. The fourth-order valence-corrected chi connectivity index (χ4v) is 4.26. The van der Waals surface area contributed by atoms with E-state index >= 15 is 0 Å². The molecule has 3 aromatic rings. The fraction of sp³-hybridized carbons (Fsp3) is 0.500. The SMILES string of the molecule is Cn1nncc1CN1CCN(c2ccc3ncnc(N4CCCC4)c3c2)CC1. The van der Waals surface area contributed by atoms with Gasteiger partial charge in [0.25, 0.3) is 0 Å². The molecule has 0 radical (unpaired) electrons. The molecule has 2 aromatic heterocycles. The van der Waals surface area contributed by atoms with E-state index in [0.29, 0.717) is 0 Å². The zero-order valence-corrected chi connectivity index (χ0v) is 16.3. The maximum absolute atomic E-state index is 4.61. The molecule has 0 unspecified atom stereocenters. The lowest BCUT2D eigenvalue weighted by Crippen LogP contribution is -2.46. The quantitative estimate of drug-likeness (QED) is 0.684. The molecule has 0 amide bonds. The van der Waals surface area contributed by atoms with Crippen LogP contribution in [0.3, 0.4) is 0 Å². The molecule has 8 heteroatoms. The fourth-order valence-electron chi connectivity index (χ4n) is 4.26. The summed E-state index contributed by atoms with van der Waals surface area (Å²) in [6.45, 7) is 7.20. The number of hydrogen-bond acceptors (Lipinski definition) is 7. The molecule has 0 spiro atoms. The highest BCUT2D eigenvalue weighted by atomic mass is 15.4. The van der Waals surface area contributed by atoms with E-state index in [1.54, 1.807) is 6.33 Å². The molecular weight excluding hydrogens is 352 g/mol. The average Bonchev–Trinajstić information content (AvgIpc) is 3.40. The standard InChI is InChI=1S/C20H26N8/c1-25-17(13-23-24-25)14-26-8-10-27(11-9-26)16-4-5-19-18(12-16)20(22-15-21-19)28-6-2-3-7-28/h4-5,12-13,15H,2-3,6-11,14H2,1H3. The van der Waals surface area contributed by atoms with E-state index in [4.69, 9.17) is 0 Å². The Labute approximate surface area is 164 Å². The zero-order valence-electron chi connectivity index (χ0n) is 16.3. The zero-order chi connectivity index (χ0) is 18.9. The number of aryl methyl sites for hydroxylation is 1. The normalized spacial score (nSPS) is 18.3. The van der Waals surface area contributed by atoms with E-state index in [-0.39, 0.29) is 0 Å². The number of anilines is 2. The molecule has 146 valence electrons. The smallest absolute Gasteiger partial charge is 0.139 e. The van der Waals surface area contributed by atoms with Crippen LogP contribution in [0.15, 0.2) is 30.7 Å². The van der Waals surface area contributed by atoms with Gasteiger partial charge in [-0.2, -0.15) is 0 Å². The highest BCUT2D eigenvalue weighted by Crippen LogP contribution is 2.30. The van der Waals surface area contributed by atoms with Gasteiger partial charge in [-0.1, -0.05) is 5.21 Å². The highest BCUT2D eigenvalue weighted by Gasteiger charge is 2.21. The van der Waals surface area contributed by atoms with Crippen LogP contribution in [0.1, 0.15) is 18.5 Å². The number of aromatic nitrogens is 5. The van der Waals surface area contributed by atoms with Crippen LogP contribution in [0.4, 0.5) is 11.5 Å². The van der Waals surface area contributed by atoms with Crippen molar-refractivity contribution in [2.75, 3.05) is 49.1 Å². The van der Waals surface area contributed by atoms with Gasteiger partial charge in [-0.25, -0.2) is 9.97 Å².